The molecule has 5 nitrogen and oxygen atoms in total. The van der Waals surface area contributed by atoms with Crippen LogP contribution in [-0.4, -0.2) is 16.4 Å². The third-order valence-corrected chi connectivity index (χ3v) is 3.02. The standard InChI is InChI=1S/C14H18N4O/c1-8-6-12(18-14(2,3)13(16)19)10-7-9(15)4-5-11(10)17-8/h4-7H,15H2,1-3H3,(H2,16,19)(H,17,18). The molecule has 0 unspecified atom stereocenters. The minimum absolute atomic E-state index is 0.418. The minimum Gasteiger partial charge on any atom is -0.399 e. The molecule has 19 heavy (non-hydrogen) atoms. The first-order valence-corrected chi connectivity index (χ1v) is 6.04. The topological polar surface area (TPSA) is 94.0 Å². The summed E-state index contributed by atoms with van der Waals surface area (Å²) in [5, 5.41) is 4.03. The number of carbonyl (C=O) groups is 1. The minimum atomic E-state index is -0.842. The number of nitrogens with one attached hydrogen (secondary N) is 1. The van der Waals surface area contributed by atoms with E-state index in [1.165, 1.54) is 0 Å². The van der Waals surface area contributed by atoms with Crippen molar-refractivity contribution >= 4 is 28.2 Å². The summed E-state index contributed by atoms with van der Waals surface area (Å²) in [6, 6.07) is 7.38. The van der Waals surface area contributed by atoms with Crippen LogP contribution in [0, 0.1) is 6.92 Å². The lowest BCUT2D eigenvalue weighted by Gasteiger charge is -2.24. The smallest absolute Gasteiger partial charge is 0.242 e. The quantitative estimate of drug-likeness (QED) is 0.732. The average Bonchev–Trinajstić information content (AvgIpc) is 2.29. The lowest BCUT2D eigenvalue weighted by atomic mass is 10.0. The normalized spacial score (nSPS) is 11.5. The van der Waals surface area contributed by atoms with E-state index in [0.29, 0.717) is 5.69 Å². The molecule has 5 heteroatoms. The summed E-state index contributed by atoms with van der Waals surface area (Å²) < 4.78 is 0. The van der Waals surface area contributed by atoms with Crippen LogP contribution in [0.25, 0.3) is 10.9 Å². The highest BCUT2D eigenvalue weighted by Gasteiger charge is 2.25. The van der Waals surface area contributed by atoms with E-state index in [1.54, 1.807) is 19.9 Å². The summed E-state index contributed by atoms with van der Waals surface area (Å²) in [7, 11) is 0. The number of pyridine rings is 1. The van der Waals surface area contributed by atoms with E-state index in [1.807, 2.05) is 25.1 Å². The first kappa shape index (κ1) is 13.1. The molecule has 5 N–H and O–H groups in total. The summed E-state index contributed by atoms with van der Waals surface area (Å²) in [5.41, 5.74) is 13.5. The zero-order valence-electron chi connectivity index (χ0n) is 11.3. The number of benzene rings is 1. The van der Waals surface area contributed by atoms with Gasteiger partial charge in [-0.2, -0.15) is 0 Å². The Hall–Kier alpha value is -2.30. The highest BCUT2D eigenvalue weighted by atomic mass is 16.1. The molecule has 2 rings (SSSR count). The van der Waals surface area contributed by atoms with Gasteiger partial charge in [0.2, 0.25) is 5.91 Å². The fourth-order valence-electron chi connectivity index (χ4n) is 1.88. The zero-order valence-corrected chi connectivity index (χ0v) is 11.3. The van der Waals surface area contributed by atoms with Crippen molar-refractivity contribution in [3.05, 3.63) is 30.0 Å². The number of nitrogen functional groups attached to an aromatic ring is 1. The molecule has 0 aliphatic rings. The Labute approximate surface area is 112 Å². The van der Waals surface area contributed by atoms with Crippen molar-refractivity contribution in [1.29, 1.82) is 0 Å². The van der Waals surface area contributed by atoms with E-state index in [4.69, 9.17) is 11.5 Å². The Morgan fingerprint density at radius 3 is 2.63 bits per heavy atom. The predicted octanol–water partition coefficient (Wildman–Crippen LogP) is 1.80. The molecule has 1 aromatic carbocycles. The van der Waals surface area contributed by atoms with E-state index in [0.717, 1.165) is 22.3 Å². The molecule has 100 valence electrons. The van der Waals surface area contributed by atoms with Gasteiger partial charge in [0.05, 0.1) is 5.52 Å². The van der Waals surface area contributed by atoms with E-state index < -0.39 is 11.4 Å². The van der Waals surface area contributed by atoms with Gasteiger partial charge in [-0.1, -0.05) is 0 Å². The molecule has 2 aromatic rings. The number of aromatic nitrogens is 1. The van der Waals surface area contributed by atoms with Gasteiger partial charge in [-0.3, -0.25) is 9.78 Å². The van der Waals surface area contributed by atoms with E-state index in [9.17, 15) is 4.79 Å². The van der Waals surface area contributed by atoms with Gasteiger partial charge in [-0.05, 0) is 45.0 Å². The van der Waals surface area contributed by atoms with Crippen LogP contribution in [0.4, 0.5) is 11.4 Å². The number of anilines is 2. The van der Waals surface area contributed by atoms with Crippen molar-refractivity contribution < 1.29 is 4.79 Å². The number of carbonyl (C=O) groups excluding carboxylic acids is 1. The Morgan fingerprint density at radius 1 is 1.32 bits per heavy atom. The molecule has 1 aromatic heterocycles. The third kappa shape index (κ3) is 2.59. The molecule has 0 bridgehead atoms. The van der Waals surface area contributed by atoms with Crippen LogP contribution < -0.4 is 16.8 Å². The number of nitrogens with two attached hydrogens (primary N) is 2. The maximum absolute atomic E-state index is 11.4. The number of fused-ring (bicyclic) bond motifs is 1. The number of aryl methyl sites for hydroxylation is 1. The van der Waals surface area contributed by atoms with E-state index >= 15 is 0 Å². The van der Waals surface area contributed by atoms with Crippen LogP contribution in [0.15, 0.2) is 24.3 Å². The van der Waals surface area contributed by atoms with Crippen molar-refractivity contribution in [3.63, 3.8) is 0 Å². The number of primary amides is 1. The summed E-state index contributed by atoms with van der Waals surface area (Å²) in [6.45, 7) is 5.38. The molecule has 0 fully saturated rings. The zero-order chi connectivity index (χ0) is 14.2. The summed E-state index contributed by atoms with van der Waals surface area (Å²) in [4.78, 5) is 15.9. The van der Waals surface area contributed by atoms with Gasteiger partial charge in [-0.25, -0.2) is 0 Å². The Kier molecular flexibility index (Phi) is 3.06. The van der Waals surface area contributed by atoms with Crippen LogP contribution in [0.1, 0.15) is 19.5 Å². The molecular formula is C14H18N4O. The van der Waals surface area contributed by atoms with Crippen LogP contribution in [-0.2, 0) is 4.79 Å². The number of rotatable bonds is 3. The van der Waals surface area contributed by atoms with Gasteiger partial charge in [0.25, 0.3) is 0 Å². The summed E-state index contributed by atoms with van der Waals surface area (Å²) in [5.74, 6) is -0.418. The second-order valence-electron chi connectivity index (χ2n) is 5.20. The van der Waals surface area contributed by atoms with Gasteiger partial charge < -0.3 is 16.8 Å². The van der Waals surface area contributed by atoms with E-state index in [-0.39, 0.29) is 0 Å². The van der Waals surface area contributed by atoms with Gasteiger partial charge >= 0.3 is 0 Å². The van der Waals surface area contributed by atoms with Crippen molar-refractivity contribution in [2.75, 3.05) is 11.1 Å². The molecule has 0 atom stereocenters. The molecule has 0 radical (unpaired) electrons. The van der Waals surface area contributed by atoms with Gasteiger partial charge in [0.1, 0.15) is 5.54 Å². The average molecular weight is 258 g/mol. The molecule has 0 saturated carbocycles. The first-order valence-electron chi connectivity index (χ1n) is 6.04. The third-order valence-electron chi connectivity index (χ3n) is 3.02. The Morgan fingerprint density at radius 2 is 2.00 bits per heavy atom. The fraction of sp³-hybridized carbons (Fsp3) is 0.286. The summed E-state index contributed by atoms with van der Waals surface area (Å²) >= 11 is 0. The molecule has 1 amide bonds. The monoisotopic (exact) mass is 258 g/mol. The van der Waals surface area contributed by atoms with Crippen molar-refractivity contribution in [2.45, 2.75) is 26.3 Å². The molecule has 0 aliphatic heterocycles. The number of amides is 1. The van der Waals surface area contributed by atoms with Gasteiger partial charge in [0, 0.05) is 22.5 Å². The number of hydrogen-bond donors (Lipinski definition) is 3. The molecular weight excluding hydrogens is 240 g/mol. The van der Waals surface area contributed by atoms with Crippen LogP contribution >= 0.6 is 0 Å². The highest BCUT2D eigenvalue weighted by molar-refractivity contribution is 5.96. The van der Waals surface area contributed by atoms with Crippen LogP contribution in [0.2, 0.25) is 0 Å². The lowest BCUT2D eigenvalue weighted by Crippen LogP contribution is -2.45. The predicted molar refractivity (Wildman–Crippen MR) is 77.8 cm³/mol. The van der Waals surface area contributed by atoms with Crippen LogP contribution in [0.3, 0.4) is 0 Å². The Bertz CT molecular complexity index is 649. The maximum atomic E-state index is 11.4. The lowest BCUT2D eigenvalue weighted by molar-refractivity contribution is -0.121. The molecule has 0 spiro atoms. The van der Waals surface area contributed by atoms with Crippen molar-refractivity contribution in [3.8, 4) is 0 Å². The second-order valence-corrected chi connectivity index (χ2v) is 5.20. The first-order chi connectivity index (χ1) is 8.79. The summed E-state index contributed by atoms with van der Waals surface area (Å²) in [6.07, 6.45) is 0. The largest absolute Gasteiger partial charge is 0.399 e. The molecule has 0 saturated heterocycles. The molecule has 1 heterocycles. The van der Waals surface area contributed by atoms with Gasteiger partial charge in [0.15, 0.2) is 0 Å². The number of hydrogen-bond acceptors (Lipinski definition) is 4. The van der Waals surface area contributed by atoms with Crippen molar-refractivity contribution in [1.82, 2.24) is 4.98 Å². The SMILES string of the molecule is Cc1cc(NC(C)(C)C(N)=O)c2cc(N)ccc2n1. The number of nitrogens with zero attached hydrogens (tertiary/aromatic N) is 1. The highest BCUT2D eigenvalue weighted by Crippen LogP contribution is 2.27. The van der Waals surface area contributed by atoms with E-state index in [2.05, 4.69) is 10.3 Å². The maximum Gasteiger partial charge on any atom is 0.242 e. The van der Waals surface area contributed by atoms with Gasteiger partial charge in [-0.15, -0.1) is 0 Å². The Balaban J connectivity index is 2.59. The van der Waals surface area contributed by atoms with Crippen molar-refractivity contribution in [2.24, 2.45) is 5.73 Å². The fourth-order valence-corrected chi connectivity index (χ4v) is 1.88. The van der Waals surface area contributed by atoms with Crippen LogP contribution in [0.5, 0.6) is 0 Å². The molecule has 0 aliphatic carbocycles. The second kappa shape index (κ2) is 4.42.